The predicted octanol–water partition coefficient (Wildman–Crippen LogP) is 2.77. The van der Waals surface area contributed by atoms with E-state index in [0.29, 0.717) is 5.54 Å². The quantitative estimate of drug-likeness (QED) is 0.747. The largest absolute Gasteiger partial charge is 0.329 e. The smallest absolute Gasteiger partial charge is 0.0336 e. The van der Waals surface area contributed by atoms with Crippen molar-refractivity contribution >= 4 is 0 Å². The summed E-state index contributed by atoms with van der Waals surface area (Å²) in [5.74, 6) is 0.886. The molecule has 94 valence electrons. The van der Waals surface area contributed by atoms with Gasteiger partial charge in [0.05, 0.1) is 0 Å². The van der Waals surface area contributed by atoms with Crippen LogP contribution >= 0.6 is 0 Å². The molecule has 0 radical (unpaired) electrons. The number of nitrogens with zero attached hydrogens (tertiary/aromatic N) is 1. The molecular weight excluding hydrogens is 196 g/mol. The van der Waals surface area contributed by atoms with E-state index in [2.05, 4.69) is 18.9 Å². The van der Waals surface area contributed by atoms with E-state index < -0.39 is 0 Å². The van der Waals surface area contributed by atoms with Gasteiger partial charge in [-0.15, -0.1) is 0 Å². The van der Waals surface area contributed by atoms with Gasteiger partial charge in [0.2, 0.25) is 0 Å². The Balaban J connectivity index is 1.96. The van der Waals surface area contributed by atoms with Gasteiger partial charge in [-0.05, 0) is 38.6 Å². The van der Waals surface area contributed by atoms with Gasteiger partial charge in [0.25, 0.3) is 0 Å². The van der Waals surface area contributed by atoms with Crippen LogP contribution in [-0.4, -0.2) is 30.1 Å². The van der Waals surface area contributed by atoms with Crippen molar-refractivity contribution < 1.29 is 0 Å². The van der Waals surface area contributed by atoms with E-state index in [4.69, 9.17) is 5.73 Å². The molecule has 0 saturated heterocycles. The Hall–Kier alpha value is -0.0800. The van der Waals surface area contributed by atoms with E-state index in [-0.39, 0.29) is 0 Å². The number of hydrogen-bond donors (Lipinski definition) is 1. The summed E-state index contributed by atoms with van der Waals surface area (Å²) >= 11 is 0. The number of hydrogen-bond acceptors (Lipinski definition) is 2. The van der Waals surface area contributed by atoms with Crippen molar-refractivity contribution in [3.8, 4) is 0 Å². The highest BCUT2D eigenvalue weighted by atomic mass is 15.2. The van der Waals surface area contributed by atoms with E-state index in [1.165, 1.54) is 51.4 Å². The molecule has 2 fully saturated rings. The van der Waals surface area contributed by atoms with Crippen molar-refractivity contribution in [2.75, 3.05) is 13.6 Å². The lowest BCUT2D eigenvalue weighted by Crippen LogP contribution is -2.62. The Bertz CT molecular complexity index is 213. The highest BCUT2D eigenvalue weighted by Gasteiger charge is 2.45. The molecule has 2 nitrogen and oxygen atoms in total. The molecule has 0 aromatic heterocycles. The van der Waals surface area contributed by atoms with Crippen LogP contribution in [0.1, 0.15) is 58.3 Å². The monoisotopic (exact) mass is 224 g/mol. The molecule has 0 bridgehead atoms. The molecular formula is C14H28N2. The second kappa shape index (κ2) is 5.05. The molecule has 2 heteroatoms. The summed E-state index contributed by atoms with van der Waals surface area (Å²) in [7, 11) is 2.33. The topological polar surface area (TPSA) is 29.3 Å². The minimum atomic E-state index is 0.356. The standard InChI is InChI=1S/C14H28N2/c1-12-9-14(10-12,11-15)16(2)13-7-5-3-4-6-8-13/h12-13H,3-11,15H2,1-2H3. The summed E-state index contributed by atoms with van der Waals surface area (Å²) in [6.45, 7) is 3.21. The van der Waals surface area contributed by atoms with Crippen molar-refractivity contribution in [3.63, 3.8) is 0 Å². The maximum Gasteiger partial charge on any atom is 0.0336 e. The first-order chi connectivity index (χ1) is 7.68. The SMILES string of the molecule is CC1CC(CN)(N(C)C2CCCCCC2)C1. The predicted molar refractivity (Wildman–Crippen MR) is 69.4 cm³/mol. The van der Waals surface area contributed by atoms with Gasteiger partial charge < -0.3 is 5.73 Å². The first-order valence-corrected chi connectivity index (χ1v) is 7.11. The third kappa shape index (κ3) is 2.28. The molecule has 0 unspecified atom stereocenters. The Morgan fingerprint density at radius 3 is 2.12 bits per heavy atom. The molecule has 2 aliphatic carbocycles. The van der Waals surface area contributed by atoms with E-state index in [0.717, 1.165) is 18.5 Å². The summed E-state index contributed by atoms with van der Waals surface area (Å²) in [6.07, 6.45) is 11.1. The maximum absolute atomic E-state index is 6.04. The van der Waals surface area contributed by atoms with Crippen molar-refractivity contribution in [2.24, 2.45) is 11.7 Å². The first-order valence-electron chi connectivity index (χ1n) is 7.11. The molecule has 0 aromatic carbocycles. The van der Waals surface area contributed by atoms with Crippen LogP contribution in [0.2, 0.25) is 0 Å². The summed E-state index contributed by atoms with van der Waals surface area (Å²) in [6, 6.07) is 0.804. The highest BCUT2D eigenvalue weighted by Crippen LogP contribution is 2.43. The lowest BCUT2D eigenvalue weighted by atomic mass is 9.67. The normalized spacial score (nSPS) is 37.1. The van der Waals surface area contributed by atoms with E-state index in [1.54, 1.807) is 0 Å². The van der Waals surface area contributed by atoms with E-state index >= 15 is 0 Å². The van der Waals surface area contributed by atoms with Crippen LogP contribution in [0.15, 0.2) is 0 Å². The Labute approximate surface area is 101 Å². The minimum absolute atomic E-state index is 0.356. The maximum atomic E-state index is 6.04. The van der Waals surface area contributed by atoms with Gasteiger partial charge in [-0.2, -0.15) is 0 Å². The summed E-state index contributed by atoms with van der Waals surface area (Å²) in [4.78, 5) is 2.65. The van der Waals surface area contributed by atoms with E-state index in [1.807, 2.05) is 0 Å². The zero-order chi connectivity index (χ0) is 11.6. The van der Waals surface area contributed by atoms with Crippen molar-refractivity contribution in [3.05, 3.63) is 0 Å². The molecule has 2 aliphatic rings. The molecule has 16 heavy (non-hydrogen) atoms. The number of nitrogens with two attached hydrogens (primary N) is 1. The van der Waals surface area contributed by atoms with Gasteiger partial charge in [-0.3, -0.25) is 4.90 Å². The zero-order valence-electron chi connectivity index (χ0n) is 11.0. The third-order valence-electron chi connectivity index (χ3n) is 4.96. The van der Waals surface area contributed by atoms with Gasteiger partial charge in [-0.1, -0.05) is 32.6 Å². The molecule has 2 N–H and O–H groups in total. The number of rotatable bonds is 3. The van der Waals surface area contributed by atoms with Crippen LogP contribution in [0.5, 0.6) is 0 Å². The van der Waals surface area contributed by atoms with Crippen molar-refractivity contribution in [1.82, 2.24) is 4.90 Å². The lowest BCUT2D eigenvalue weighted by Gasteiger charge is -2.54. The average molecular weight is 224 g/mol. The van der Waals surface area contributed by atoms with Crippen LogP contribution < -0.4 is 5.73 Å². The van der Waals surface area contributed by atoms with Gasteiger partial charge in [0.15, 0.2) is 0 Å². The summed E-state index contributed by atoms with van der Waals surface area (Å²) in [5.41, 5.74) is 6.39. The van der Waals surface area contributed by atoms with Crippen LogP contribution in [0.3, 0.4) is 0 Å². The van der Waals surface area contributed by atoms with E-state index in [9.17, 15) is 0 Å². The zero-order valence-corrected chi connectivity index (χ0v) is 11.0. The van der Waals surface area contributed by atoms with Gasteiger partial charge >= 0.3 is 0 Å². The van der Waals surface area contributed by atoms with Gasteiger partial charge in [0, 0.05) is 18.1 Å². The molecule has 0 spiro atoms. The molecule has 2 rings (SSSR count). The highest BCUT2D eigenvalue weighted by molar-refractivity contribution is 5.03. The molecule has 0 amide bonds. The third-order valence-corrected chi connectivity index (χ3v) is 4.96. The fourth-order valence-electron chi connectivity index (χ4n) is 3.87. The molecule has 0 aromatic rings. The Morgan fingerprint density at radius 1 is 1.12 bits per heavy atom. The van der Waals surface area contributed by atoms with Gasteiger partial charge in [0.1, 0.15) is 0 Å². The van der Waals surface area contributed by atoms with Crippen LogP contribution in [0, 0.1) is 5.92 Å². The van der Waals surface area contributed by atoms with Crippen LogP contribution in [0.25, 0.3) is 0 Å². The Morgan fingerprint density at radius 2 is 1.69 bits per heavy atom. The van der Waals surface area contributed by atoms with Crippen molar-refractivity contribution in [1.29, 1.82) is 0 Å². The lowest BCUT2D eigenvalue weighted by molar-refractivity contribution is -0.0259. The fourth-order valence-corrected chi connectivity index (χ4v) is 3.87. The Kier molecular flexibility index (Phi) is 3.91. The first kappa shape index (κ1) is 12.4. The minimum Gasteiger partial charge on any atom is -0.329 e. The molecule has 0 heterocycles. The fraction of sp³-hybridized carbons (Fsp3) is 1.00. The molecule has 0 aliphatic heterocycles. The second-order valence-corrected chi connectivity index (χ2v) is 6.20. The number of likely N-dealkylation sites (N-methyl/N-ethyl adjacent to an activating group) is 1. The summed E-state index contributed by atoms with van der Waals surface area (Å²) < 4.78 is 0. The van der Waals surface area contributed by atoms with Gasteiger partial charge in [-0.25, -0.2) is 0 Å². The van der Waals surface area contributed by atoms with Crippen LogP contribution in [0.4, 0.5) is 0 Å². The molecule has 2 saturated carbocycles. The van der Waals surface area contributed by atoms with Crippen LogP contribution in [-0.2, 0) is 0 Å². The molecule has 0 atom stereocenters. The van der Waals surface area contributed by atoms with Crippen molar-refractivity contribution in [2.45, 2.75) is 69.9 Å². The summed E-state index contributed by atoms with van der Waals surface area (Å²) in [5, 5.41) is 0. The average Bonchev–Trinajstić information content (AvgIpc) is 2.52. The second-order valence-electron chi connectivity index (χ2n) is 6.20.